The normalized spacial score (nSPS) is 16.6. The van der Waals surface area contributed by atoms with Crippen molar-refractivity contribution in [3.63, 3.8) is 0 Å². The molecule has 1 aliphatic rings. The lowest BCUT2D eigenvalue weighted by atomic mass is 9.95. The second-order valence-corrected chi connectivity index (χ2v) is 11.3. The maximum absolute atomic E-state index is 13.4. The molecule has 0 bridgehead atoms. The predicted octanol–water partition coefficient (Wildman–Crippen LogP) is 5.47. The fourth-order valence-electron chi connectivity index (χ4n) is 4.00. The van der Waals surface area contributed by atoms with Gasteiger partial charge < -0.3 is 14.9 Å². The number of aliphatic hydroxyl groups is 1. The van der Waals surface area contributed by atoms with Crippen LogP contribution in [0.2, 0.25) is 0 Å². The number of thioether (sulfide) groups is 1. The lowest BCUT2D eigenvalue weighted by molar-refractivity contribution is -0.132. The Balaban J connectivity index is 1.58. The minimum Gasteiger partial charge on any atom is -0.507 e. The van der Waals surface area contributed by atoms with Gasteiger partial charge in [-0.15, -0.1) is 10.2 Å². The fraction of sp³-hybridized carbons (Fsp3) is 0.115. The summed E-state index contributed by atoms with van der Waals surface area (Å²) in [6, 6.07) is 11.0. The standard InChI is InChI=1S/C26H18BrFN4O5S2/c1-37-18-11-15(10-17(27)22(18)34)20-19(21(33)14-6-8-29-9-7-14)23(35)24(36)32(20)25-30-31-26(39-25)38-12-13-2-4-16(28)5-3-13/h2-11,20,33-34H,12H2,1H3. The average molecular weight is 629 g/mol. The Morgan fingerprint density at radius 2 is 1.87 bits per heavy atom. The van der Waals surface area contributed by atoms with Crippen LogP contribution in [-0.4, -0.2) is 44.2 Å². The quantitative estimate of drug-likeness (QED) is 0.0901. The lowest BCUT2D eigenvalue weighted by Crippen LogP contribution is -2.29. The van der Waals surface area contributed by atoms with Gasteiger partial charge in [0.25, 0.3) is 5.78 Å². The molecule has 4 aromatic rings. The highest BCUT2D eigenvalue weighted by molar-refractivity contribution is 9.10. The van der Waals surface area contributed by atoms with E-state index in [-0.39, 0.29) is 38.3 Å². The van der Waals surface area contributed by atoms with E-state index >= 15 is 0 Å². The van der Waals surface area contributed by atoms with Gasteiger partial charge in [0.2, 0.25) is 5.13 Å². The molecule has 0 aliphatic carbocycles. The molecule has 2 aromatic heterocycles. The van der Waals surface area contributed by atoms with Crippen molar-refractivity contribution in [3.05, 3.63) is 93.5 Å². The second-order valence-electron chi connectivity index (χ2n) is 8.22. The molecular formula is C26H18BrFN4O5S2. The van der Waals surface area contributed by atoms with E-state index in [9.17, 15) is 24.2 Å². The van der Waals surface area contributed by atoms with Gasteiger partial charge in [-0.3, -0.25) is 19.5 Å². The van der Waals surface area contributed by atoms with Crippen LogP contribution in [0.4, 0.5) is 9.52 Å². The van der Waals surface area contributed by atoms with Crippen LogP contribution < -0.4 is 9.64 Å². The van der Waals surface area contributed by atoms with Crippen molar-refractivity contribution in [1.82, 2.24) is 15.2 Å². The van der Waals surface area contributed by atoms with Gasteiger partial charge in [-0.2, -0.15) is 0 Å². The summed E-state index contributed by atoms with van der Waals surface area (Å²) in [5, 5.41) is 30.0. The minimum atomic E-state index is -1.10. The van der Waals surface area contributed by atoms with Gasteiger partial charge in [-0.05, 0) is 63.5 Å². The third kappa shape index (κ3) is 5.24. The molecule has 39 heavy (non-hydrogen) atoms. The first-order valence-corrected chi connectivity index (χ1v) is 13.9. The summed E-state index contributed by atoms with van der Waals surface area (Å²) in [6.07, 6.45) is 2.91. The van der Waals surface area contributed by atoms with Crippen molar-refractivity contribution in [1.29, 1.82) is 0 Å². The lowest BCUT2D eigenvalue weighted by Gasteiger charge is -2.23. The SMILES string of the molecule is COc1cc(C2C(=C(O)c3ccncc3)C(=O)C(=O)N2c2nnc(SCc3ccc(F)cc3)s2)cc(Br)c1O. The highest BCUT2D eigenvalue weighted by Crippen LogP contribution is 2.47. The van der Waals surface area contributed by atoms with Crippen molar-refractivity contribution in [2.45, 2.75) is 16.1 Å². The monoisotopic (exact) mass is 628 g/mol. The summed E-state index contributed by atoms with van der Waals surface area (Å²) in [5.74, 6) is -2.10. The average Bonchev–Trinajstić information content (AvgIpc) is 3.52. The molecule has 198 valence electrons. The minimum absolute atomic E-state index is 0.0988. The van der Waals surface area contributed by atoms with E-state index in [0.29, 0.717) is 21.2 Å². The number of anilines is 1. The molecule has 2 N–H and O–H groups in total. The predicted molar refractivity (Wildman–Crippen MR) is 147 cm³/mol. The summed E-state index contributed by atoms with van der Waals surface area (Å²) in [7, 11) is 1.37. The molecule has 0 saturated carbocycles. The molecule has 1 fully saturated rings. The van der Waals surface area contributed by atoms with Crippen LogP contribution in [0.15, 0.2) is 75.3 Å². The van der Waals surface area contributed by atoms with E-state index in [0.717, 1.165) is 16.9 Å². The molecule has 2 aromatic carbocycles. The molecular weight excluding hydrogens is 611 g/mol. The topological polar surface area (TPSA) is 126 Å². The van der Waals surface area contributed by atoms with Gasteiger partial charge in [0.1, 0.15) is 11.6 Å². The van der Waals surface area contributed by atoms with E-state index in [4.69, 9.17) is 4.74 Å². The van der Waals surface area contributed by atoms with Crippen molar-refractivity contribution >= 4 is 61.6 Å². The molecule has 0 spiro atoms. The number of nitrogens with zero attached hydrogens (tertiary/aromatic N) is 4. The third-order valence-electron chi connectivity index (χ3n) is 5.86. The van der Waals surface area contributed by atoms with Crippen LogP contribution in [0.1, 0.15) is 22.7 Å². The first-order valence-electron chi connectivity index (χ1n) is 11.3. The van der Waals surface area contributed by atoms with E-state index in [1.54, 1.807) is 12.1 Å². The summed E-state index contributed by atoms with van der Waals surface area (Å²) in [5.41, 5.74) is 1.38. The van der Waals surface area contributed by atoms with Crippen molar-refractivity contribution in [3.8, 4) is 11.5 Å². The van der Waals surface area contributed by atoms with E-state index in [2.05, 4.69) is 31.1 Å². The number of phenols is 1. The largest absolute Gasteiger partial charge is 0.507 e. The number of ether oxygens (including phenoxy) is 1. The van der Waals surface area contributed by atoms with Gasteiger partial charge in [0.15, 0.2) is 15.8 Å². The Hall–Kier alpha value is -3.81. The van der Waals surface area contributed by atoms with Gasteiger partial charge in [0.05, 0.1) is 23.2 Å². The highest BCUT2D eigenvalue weighted by Gasteiger charge is 2.48. The van der Waals surface area contributed by atoms with Crippen LogP contribution in [0.25, 0.3) is 5.76 Å². The zero-order chi connectivity index (χ0) is 27.7. The van der Waals surface area contributed by atoms with E-state index < -0.39 is 17.7 Å². The number of Topliss-reactive ketones (excluding diaryl/α,β-unsaturated/α-hetero) is 1. The number of phenolic OH excluding ortho intramolecular Hbond substituents is 1. The number of hydrogen-bond acceptors (Lipinski definition) is 10. The van der Waals surface area contributed by atoms with Crippen LogP contribution >= 0.6 is 39.0 Å². The summed E-state index contributed by atoms with van der Waals surface area (Å²) in [6.45, 7) is 0. The molecule has 0 radical (unpaired) electrons. The number of aromatic nitrogens is 3. The second kappa shape index (κ2) is 11.1. The Bertz CT molecular complexity index is 1600. The number of methoxy groups -OCH3 is 1. The van der Waals surface area contributed by atoms with Gasteiger partial charge >= 0.3 is 5.91 Å². The number of ketones is 1. The molecule has 3 heterocycles. The molecule has 5 rings (SSSR count). The Morgan fingerprint density at radius 1 is 1.15 bits per heavy atom. The summed E-state index contributed by atoms with van der Waals surface area (Å²) >= 11 is 5.73. The number of pyridine rings is 1. The van der Waals surface area contributed by atoms with Crippen LogP contribution in [0.5, 0.6) is 11.5 Å². The smallest absolute Gasteiger partial charge is 0.301 e. The number of aliphatic hydroxyl groups excluding tert-OH is 1. The van der Waals surface area contributed by atoms with E-state index in [1.165, 1.54) is 72.6 Å². The van der Waals surface area contributed by atoms with Crippen LogP contribution in [0.3, 0.4) is 0 Å². The van der Waals surface area contributed by atoms with Crippen molar-refractivity contribution in [2.75, 3.05) is 12.0 Å². The van der Waals surface area contributed by atoms with Gasteiger partial charge in [-0.1, -0.05) is 35.2 Å². The van der Waals surface area contributed by atoms with Crippen LogP contribution in [-0.2, 0) is 15.3 Å². The fourth-order valence-corrected chi connectivity index (χ4v) is 6.28. The number of amides is 1. The molecule has 1 unspecified atom stereocenters. The number of rotatable bonds is 7. The highest BCUT2D eigenvalue weighted by atomic mass is 79.9. The molecule has 1 atom stereocenters. The molecule has 1 amide bonds. The Morgan fingerprint density at radius 3 is 2.56 bits per heavy atom. The maximum atomic E-state index is 13.4. The number of carbonyl (C=O) groups excluding carboxylic acids is 2. The zero-order valence-corrected chi connectivity index (χ0v) is 23.3. The van der Waals surface area contributed by atoms with Crippen molar-refractivity contribution in [2.24, 2.45) is 0 Å². The first-order chi connectivity index (χ1) is 18.8. The van der Waals surface area contributed by atoms with Gasteiger partial charge in [0, 0.05) is 23.7 Å². The molecule has 13 heteroatoms. The zero-order valence-electron chi connectivity index (χ0n) is 20.0. The van der Waals surface area contributed by atoms with E-state index in [1.807, 2.05) is 0 Å². The third-order valence-corrected chi connectivity index (χ3v) is 8.59. The maximum Gasteiger partial charge on any atom is 0.301 e. The first kappa shape index (κ1) is 26.8. The summed E-state index contributed by atoms with van der Waals surface area (Å²) in [4.78, 5) is 31.8. The Labute approximate surface area is 238 Å². The number of benzene rings is 2. The van der Waals surface area contributed by atoms with Crippen molar-refractivity contribution < 1.29 is 28.9 Å². The number of hydrogen-bond donors (Lipinski definition) is 2. The number of halogens is 2. The molecule has 1 aliphatic heterocycles. The van der Waals surface area contributed by atoms with Crippen LogP contribution in [0, 0.1) is 5.82 Å². The molecule has 9 nitrogen and oxygen atoms in total. The Kier molecular flexibility index (Phi) is 7.64. The number of aromatic hydroxyl groups is 1. The number of carbonyl (C=O) groups is 2. The summed E-state index contributed by atoms with van der Waals surface area (Å²) < 4.78 is 19.3. The van der Waals surface area contributed by atoms with Gasteiger partial charge in [-0.25, -0.2) is 4.39 Å². The molecule has 1 saturated heterocycles.